The van der Waals surface area contributed by atoms with Gasteiger partial charge in [-0.15, -0.1) is 11.3 Å². The number of nitrogens with one attached hydrogen (secondary N) is 3. The second kappa shape index (κ2) is 6.96. The quantitative estimate of drug-likeness (QED) is 0.794. The summed E-state index contributed by atoms with van der Waals surface area (Å²) in [5.74, 6) is -0.630. The molecule has 1 aliphatic rings. The molecule has 0 radical (unpaired) electrons. The average Bonchev–Trinajstić information content (AvgIpc) is 3.08. The number of hydrogen-bond donors (Lipinski definition) is 3. The first-order valence-corrected chi connectivity index (χ1v) is 8.47. The molecule has 0 saturated heterocycles. The Kier molecular flexibility index (Phi) is 4.75. The second-order valence-electron chi connectivity index (χ2n) is 5.64. The smallest absolute Gasteiger partial charge is 0.319 e. The van der Waals surface area contributed by atoms with E-state index in [0.717, 1.165) is 10.6 Å². The van der Waals surface area contributed by atoms with E-state index in [-0.39, 0.29) is 17.5 Å². The van der Waals surface area contributed by atoms with Crippen LogP contribution in [0.1, 0.15) is 29.8 Å². The third-order valence-electron chi connectivity index (χ3n) is 3.78. The number of thiazole rings is 1. The number of hydrogen-bond acceptors (Lipinski definition) is 4. The number of carbonyl (C=O) groups is 2. The molecule has 6 nitrogen and oxygen atoms in total. The molecule has 8 heteroatoms. The Labute approximate surface area is 142 Å². The SMILES string of the molecule is C[C@@H](CNC(=O)Nc1cc2c(cc1F)NC(=O)CC2)c1nccs1. The molecule has 0 spiro atoms. The molecule has 2 heterocycles. The lowest BCUT2D eigenvalue weighted by atomic mass is 10.0. The number of carbonyl (C=O) groups excluding carboxylic acids is 2. The van der Waals surface area contributed by atoms with Gasteiger partial charge in [0.1, 0.15) is 5.82 Å². The largest absolute Gasteiger partial charge is 0.337 e. The third kappa shape index (κ3) is 3.70. The molecule has 3 rings (SSSR count). The molecule has 0 unspecified atom stereocenters. The maximum atomic E-state index is 14.1. The number of nitrogens with zero attached hydrogens (tertiary/aromatic N) is 1. The van der Waals surface area contributed by atoms with Crippen molar-refractivity contribution in [3.8, 4) is 0 Å². The van der Waals surface area contributed by atoms with Gasteiger partial charge >= 0.3 is 6.03 Å². The number of benzene rings is 1. The van der Waals surface area contributed by atoms with Gasteiger partial charge in [-0.05, 0) is 24.1 Å². The van der Waals surface area contributed by atoms with Crippen molar-refractivity contribution in [2.75, 3.05) is 17.2 Å². The van der Waals surface area contributed by atoms with Crippen LogP contribution in [-0.4, -0.2) is 23.5 Å². The van der Waals surface area contributed by atoms with Crippen molar-refractivity contribution < 1.29 is 14.0 Å². The Hall–Kier alpha value is -2.48. The van der Waals surface area contributed by atoms with Gasteiger partial charge in [0.15, 0.2) is 0 Å². The van der Waals surface area contributed by atoms with Crippen LogP contribution in [0.15, 0.2) is 23.7 Å². The molecule has 2 aromatic rings. The van der Waals surface area contributed by atoms with E-state index in [1.807, 2.05) is 12.3 Å². The first-order chi connectivity index (χ1) is 11.5. The molecule has 1 aromatic heterocycles. The lowest BCUT2D eigenvalue weighted by molar-refractivity contribution is -0.116. The van der Waals surface area contributed by atoms with E-state index in [2.05, 4.69) is 20.9 Å². The number of halogens is 1. The van der Waals surface area contributed by atoms with Crippen molar-refractivity contribution in [2.24, 2.45) is 0 Å². The van der Waals surface area contributed by atoms with Crippen molar-refractivity contribution in [2.45, 2.75) is 25.7 Å². The van der Waals surface area contributed by atoms with E-state index in [9.17, 15) is 14.0 Å². The summed E-state index contributed by atoms with van der Waals surface area (Å²) in [5.41, 5.74) is 1.37. The number of urea groups is 1. The van der Waals surface area contributed by atoms with Gasteiger partial charge in [-0.1, -0.05) is 6.92 Å². The number of aromatic nitrogens is 1. The third-order valence-corrected chi connectivity index (χ3v) is 4.79. The minimum absolute atomic E-state index is 0.0827. The molecular weight excluding hydrogens is 331 g/mol. The van der Waals surface area contributed by atoms with E-state index in [1.165, 1.54) is 17.4 Å². The summed E-state index contributed by atoms with van der Waals surface area (Å²) in [6, 6.07) is 2.32. The molecule has 3 N–H and O–H groups in total. The van der Waals surface area contributed by atoms with E-state index >= 15 is 0 Å². The highest BCUT2D eigenvalue weighted by Crippen LogP contribution is 2.28. The van der Waals surface area contributed by atoms with Gasteiger partial charge in [0, 0.05) is 36.1 Å². The van der Waals surface area contributed by atoms with Gasteiger partial charge in [0.05, 0.1) is 10.7 Å². The fourth-order valence-corrected chi connectivity index (χ4v) is 3.17. The Morgan fingerprint density at radius 3 is 3.04 bits per heavy atom. The van der Waals surface area contributed by atoms with Crippen molar-refractivity contribution in [1.29, 1.82) is 0 Å². The minimum atomic E-state index is -0.584. The van der Waals surface area contributed by atoms with Gasteiger partial charge in [0.2, 0.25) is 5.91 Å². The fourth-order valence-electron chi connectivity index (χ4n) is 2.48. The summed E-state index contributed by atoms with van der Waals surface area (Å²) in [7, 11) is 0. The molecule has 1 aliphatic heterocycles. The summed E-state index contributed by atoms with van der Waals surface area (Å²) >= 11 is 1.53. The molecule has 1 atom stereocenters. The van der Waals surface area contributed by atoms with Crippen LogP contribution < -0.4 is 16.0 Å². The summed E-state index contributed by atoms with van der Waals surface area (Å²) in [6.07, 6.45) is 2.60. The van der Waals surface area contributed by atoms with Gasteiger partial charge in [-0.3, -0.25) is 4.79 Å². The lowest BCUT2D eigenvalue weighted by Gasteiger charge is -2.18. The maximum Gasteiger partial charge on any atom is 0.319 e. The average molecular weight is 348 g/mol. The van der Waals surface area contributed by atoms with E-state index in [0.29, 0.717) is 25.1 Å². The summed E-state index contributed by atoms with van der Waals surface area (Å²) in [6.45, 7) is 2.36. The van der Waals surface area contributed by atoms with E-state index < -0.39 is 11.8 Å². The highest BCUT2D eigenvalue weighted by Gasteiger charge is 2.18. The molecule has 3 amide bonds. The number of fused-ring (bicyclic) bond motifs is 1. The molecule has 0 fully saturated rings. The first kappa shape index (κ1) is 16.4. The molecule has 24 heavy (non-hydrogen) atoms. The number of rotatable bonds is 4. The van der Waals surface area contributed by atoms with E-state index in [4.69, 9.17) is 0 Å². The zero-order valence-electron chi connectivity index (χ0n) is 13.1. The van der Waals surface area contributed by atoms with Crippen LogP contribution in [0.4, 0.5) is 20.6 Å². The Bertz CT molecular complexity index is 764. The van der Waals surface area contributed by atoms with Crippen LogP contribution in [0.2, 0.25) is 0 Å². The standard InChI is InChI=1S/C16H17FN4O2S/c1-9(15-18-4-5-24-15)8-19-16(23)21-13-6-10-2-3-14(22)20-12(10)7-11(13)17/h4-7,9H,2-3,8H2,1H3,(H,20,22)(H2,19,21,23)/t9-/m0/s1. The minimum Gasteiger partial charge on any atom is -0.337 e. The number of amides is 3. The molecule has 1 aromatic carbocycles. The van der Waals surface area contributed by atoms with Crippen LogP contribution >= 0.6 is 11.3 Å². The zero-order valence-corrected chi connectivity index (χ0v) is 13.9. The zero-order chi connectivity index (χ0) is 17.1. The Balaban J connectivity index is 1.61. The monoisotopic (exact) mass is 348 g/mol. The predicted octanol–water partition coefficient (Wildman–Crippen LogP) is 3.09. The molecule has 0 aliphatic carbocycles. The summed E-state index contributed by atoms with van der Waals surface area (Å²) in [4.78, 5) is 27.5. The summed E-state index contributed by atoms with van der Waals surface area (Å²) < 4.78 is 14.1. The predicted molar refractivity (Wildman–Crippen MR) is 90.9 cm³/mol. The maximum absolute atomic E-state index is 14.1. The normalized spacial score (nSPS) is 14.5. The highest BCUT2D eigenvalue weighted by atomic mass is 32.1. The van der Waals surface area contributed by atoms with Crippen molar-refractivity contribution in [3.05, 3.63) is 40.1 Å². The van der Waals surface area contributed by atoms with Crippen LogP contribution in [0.25, 0.3) is 0 Å². The fraction of sp³-hybridized carbons (Fsp3) is 0.312. The van der Waals surface area contributed by atoms with Gasteiger partial charge < -0.3 is 16.0 Å². The number of aryl methyl sites for hydroxylation is 1. The lowest BCUT2D eigenvalue weighted by Crippen LogP contribution is -2.32. The van der Waals surface area contributed by atoms with Gasteiger partial charge in [-0.25, -0.2) is 14.2 Å². The molecule has 126 valence electrons. The topological polar surface area (TPSA) is 83.1 Å². The summed E-state index contributed by atoms with van der Waals surface area (Å²) in [5, 5.41) is 10.7. The second-order valence-corrected chi connectivity index (χ2v) is 6.57. The highest BCUT2D eigenvalue weighted by molar-refractivity contribution is 7.09. The van der Waals surface area contributed by atoms with Crippen molar-refractivity contribution >= 4 is 34.6 Å². The Morgan fingerprint density at radius 2 is 2.29 bits per heavy atom. The van der Waals surface area contributed by atoms with E-state index in [1.54, 1.807) is 12.3 Å². The first-order valence-electron chi connectivity index (χ1n) is 7.59. The van der Waals surface area contributed by atoms with Crippen molar-refractivity contribution in [3.63, 3.8) is 0 Å². The van der Waals surface area contributed by atoms with Crippen LogP contribution in [0.5, 0.6) is 0 Å². The van der Waals surface area contributed by atoms with Crippen LogP contribution in [0, 0.1) is 5.82 Å². The molecular formula is C16H17FN4O2S. The van der Waals surface area contributed by atoms with Crippen LogP contribution in [-0.2, 0) is 11.2 Å². The van der Waals surface area contributed by atoms with Gasteiger partial charge in [-0.2, -0.15) is 0 Å². The molecule has 0 saturated carbocycles. The van der Waals surface area contributed by atoms with Gasteiger partial charge in [0.25, 0.3) is 0 Å². The molecule has 0 bridgehead atoms. The van der Waals surface area contributed by atoms with Crippen molar-refractivity contribution in [1.82, 2.24) is 10.3 Å². The Morgan fingerprint density at radius 1 is 1.46 bits per heavy atom. The van der Waals surface area contributed by atoms with Crippen LogP contribution in [0.3, 0.4) is 0 Å². The number of anilines is 2.